The van der Waals surface area contributed by atoms with Crippen molar-refractivity contribution in [2.45, 2.75) is 6.92 Å². The first kappa shape index (κ1) is 19.0. The topological polar surface area (TPSA) is 56.5 Å². The summed E-state index contributed by atoms with van der Waals surface area (Å²) in [6, 6.07) is 17.9. The van der Waals surface area contributed by atoms with Crippen LogP contribution in [-0.2, 0) is 7.05 Å². The lowest BCUT2D eigenvalue weighted by Gasteiger charge is -2.11. The number of aryl methyl sites for hydroxylation is 1. The van der Waals surface area contributed by atoms with Gasteiger partial charge in [-0.15, -0.1) is 10.2 Å². The van der Waals surface area contributed by atoms with E-state index in [1.54, 1.807) is 24.3 Å². The molecule has 0 spiro atoms. The molecule has 5 aromatic rings. The van der Waals surface area contributed by atoms with E-state index < -0.39 is 0 Å². The summed E-state index contributed by atoms with van der Waals surface area (Å²) in [7, 11) is 1.90. The number of fused-ring (bicyclic) bond motifs is 1. The van der Waals surface area contributed by atoms with Crippen LogP contribution in [0.1, 0.15) is 5.82 Å². The molecule has 7 heteroatoms. The van der Waals surface area contributed by atoms with E-state index in [1.165, 1.54) is 24.3 Å². The second-order valence-corrected chi connectivity index (χ2v) is 7.27. The van der Waals surface area contributed by atoms with E-state index in [4.69, 9.17) is 9.97 Å². The summed E-state index contributed by atoms with van der Waals surface area (Å²) < 4.78 is 28.9. The first-order valence-electron chi connectivity index (χ1n) is 9.69. The van der Waals surface area contributed by atoms with Gasteiger partial charge in [-0.25, -0.2) is 18.7 Å². The van der Waals surface area contributed by atoms with Gasteiger partial charge in [-0.2, -0.15) is 0 Å². The Kier molecular flexibility index (Phi) is 4.51. The molecule has 2 aromatic heterocycles. The molecule has 0 aliphatic heterocycles. The number of aromatic nitrogens is 5. The summed E-state index contributed by atoms with van der Waals surface area (Å²) in [5.41, 5.74) is 4.85. The predicted molar refractivity (Wildman–Crippen MR) is 115 cm³/mol. The van der Waals surface area contributed by atoms with Crippen LogP contribution in [0, 0.1) is 18.6 Å². The highest BCUT2D eigenvalue weighted by molar-refractivity contribution is 5.88. The van der Waals surface area contributed by atoms with Gasteiger partial charge in [0.1, 0.15) is 17.5 Å². The van der Waals surface area contributed by atoms with Crippen LogP contribution in [0.2, 0.25) is 0 Å². The molecular formula is C24H17F2N5. The van der Waals surface area contributed by atoms with Crippen molar-refractivity contribution in [3.8, 4) is 33.9 Å². The van der Waals surface area contributed by atoms with Gasteiger partial charge in [0.15, 0.2) is 5.82 Å². The van der Waals surface area contributed by atoms with Crippen molar-refractivity contribution in [3.63, 3.8) is 0 Å². The Hall–Kier alpha value is -4.00. The van der Waals surface area contributed by atoms with E-state index in [0.717, 1.165) is 28.3 Å². The summed E-state index contributed by atoms with van der Waals surface area (Å²) in [6.45, 7) is 1.89. The van der Waals surface area contributed by atoms with E-state index in [9.17, 15) is 8.78 Å². The Balaban J connectivity index is 1.74. The van der Waals surface area contributed by atoms with Crippen LogP contribution >= 0.6 is 0 Å². The van der Waals surface area contributed by atoms with Crippen LogP contribution in [-0.4, -0.2) is 24.7 Å². The van der Waals surface area contributed by atoms with Crippen LogP contribution in [0.15, 0.2) is 66.7 Å². The van der Waals surface area contributed by atoms with Crippen molar-refractivity contribution in [2.75, 3.05) is 0 Å². The quantitative estimate of drug-likeness (QED) is 0.400. The van der Waals surface area contributed by atoms with Gasteiger partial charge in [-0.05, 0) is 73.7 Å². The Morgan fingerprint density at radius 3 is 1.68 bits per heavy atom. The Morgan fingerprint density at radius 1 is 0.645 bits per heavy atom. The molecule has 0 saturated carbocycles. The van der Waals surface area contributed by atoms with Gasteiger partial charge in [-0.1, -0.05) is 0 Å². The van der Waals surface area contributed by atoms with Crippen LogP contribution < -0.4 is 0 Å². The van der Waals surface area contributed by atoms with Crippen molar-refractivity contribution in [1.82, 2.24) is 24.7 Å². The fourth-order valence-electron chi connectivity index (χ4n) is 3.47. The van der Waals surface area contributed by atoms with E-state index in [0.29, 0.717) is 22.4 Å². The number of rotatable bonds is 3. The monoisotopic (exact) mass is 413 g/mol. The third-order valence-electron chi connectivity index (χ3n) is 5.25. The molecule has 0 fully saturated rings. The maximum Gasteiger partial charge on any atom is 0.163 e. The third-order valence-corrected chi connectivity index (χ3v) is 5.25. The van der Waals surface area contributed by atoms with E-state index in [1.807, 2.05) is 36.7 Å². The molecule has 0 saturated heterocycles. The molecule has 0 amide bonds. The molecule has 0 radical (unpaired) electrons. The zero-order valence-electron chi connectivity index (χ0n) is 16.8. The first-order chi connectivity index (χ1) is 15.0. The van der Waals surface area contributed by atoms with Gasteiger partial charge in [0.05, 0.1) is 22.4 Å². The Morgan fingerprint density at radius 2 is 1.16 bits per heavy atom. The highest BCUT2D eigenvalue weighted by Gasteiger charge is 2.15. The zero-order chi connectivity index (χ0) is 21.5. The van der Waals surface area contributed by atoms with Gasteiger partial charge >= 0.3 is 0 Å². The standard InChI is InChI=1S/C24H17F2N5/c1-14-29-30-24(31(14)2)17-7-12-20-21(13-17)28-23(16-5-10-19(26)11-6-16)22(27-20)15-3-8-18(25)9-4-15/h3-13H,1-2H3. The van der Waals surface area contributed by atoms with Crippen molar-refractivity contribution in [1.29, 1.82) is 0 Å². The van der Waals surface area contributed by atoms with Crippen LogP contribution in [0.3, 0.4) is 0 Å². The predicted octanol–water partition coefficient (Wildman–Crippen LogP) is 5.35. The summed E-state index contributed by atoms with van der Waals surface area (Å²) in [5.74, 6) is 0.872. The molecule has 152 valence electrons. The molecule has 3 aromatic carbocycles. The van der Waals surface area contributed by atoms with E-state index in [-0.39, 0.29) is 11.6 Å². The van der Waals surface area contributed by atoms with Gasteiger partial charge in [0.25, 0.3) is 0 Å². The summed E-state index contributed by atoms with van der Waals surface area (Å²) in [4.78, 5) is 9.68. The fraction of sp³-hybridized carbons (Fsp3) is 0.0833. The highest BCUT2D eigenvalue weighted by Crippen LogP contribution is 2.32. The SMILES string of the molecule is Cc1nnc(-c2ccc3nc(-c4ccc(F)cc4)c(-c4ccc(F)cc4)nc3c2)n1C. The first-order valence-corrected chi connectivity index (χ1v) is 9.69. The maximum atomic E-state index is 13.5. The van der Waals surface area contributed by atoms with Gasteiger partial charge < -0.3 is 4.57 Å². The molecule has 31 heavy (non-hydrogen) atoms. The molecule has 0 bridgehead atoms. The molecule has 0 aliphatic carbocycles. The van der Waals surface area contributed by atoms with E-state index >= 15 is 0 Å². The van der Waals surface area contributed by atoms with Crippen LogP contribution in [0.4, 0.5) is 8.78 Å². The largest absolute Gasteiger partial charge is 0.314 e. The Labute approximate surface area is 177 Å². The van der Waals surface area contributed by atoms with Crippen LogP contribution in [0.5, 0.6) is 0 Å². The maximum absolute atomic E-state index is 13.5. The molecule has 0 N–H and O–H groups in total. The summed E-state index contributed by atoms with van der Waals surface area (Å²) >= 11 is 0. The molecule has 0 atom stereocenters. The molecular weight excluding hydrogens is 396 g/mol. The van der Waals surface area contributed by atoms with Crippen molar-refractivity contribution < 1.29 is 8.78 Å². The molecule has 0 aliphatic rings. The number of halogens is 2. The molecule has 5 nitrogen and oxygen atoms in total. The number of benzene rings is 3. The number of hydrogen-bond acceptors (Lipinski definition) is 4. The van der Waals surface area contributed by atoms with Gasteiger partial charge in [0.2, 0.25) is 0 Å². The average molecular weight is 413 g/mol. The zero-order valence-corrected chi connectivity index (χ0v) is 16.8. The molecule has 0 unspecified atom stereocenters. The summed E-state index contributed by atoms with van der Waals surface area (Å²) in [5, 5.41) is 8.36. The normalized spacial score (nSPS) is 11.2. The molecule has 2 heterocycles. The summed E-state index contributed by atoms with van der Waals surface area (Å²) in [6.07, 6.45) is 0. The van der Waals surface area contributed by atoms with Gasteiger partial charge in [0, 0.05) is 23.7 Å². The smallest absolute Gasteiger partial charge is 0.163 e. The lowest BCUT2D eigenvalue weighted by Crippen LogP contribution is -1.98. The van der Waals surface area contributed by atoms with E-state index in [2.05, 4.69) is 10.2 Å². The second kappa shape index (κ2) is 7.36. The third kappa shape index (κ3) is 3.44. The highest BCUT2D eigenvalue weighted by atomic mass is 19.1. The van der Waals surface area contributed by atoms with Gasteiger partial charge in [-0.3, -0.25) is 0 Å². The van der Waals surface area contributed by atoms with Crippen molar-refractivity contribution >= 4 is 11.0 Å². The average Bonchev–Trinajstić information content (AvgIpc) is 3.12. The van der Waals surface area contributed by atoms with Crippen molar-refractivity contribution in [3.05, 3.63) is 84.2 Å². The number of nitrogens with zero attached hydrogens (tertiary/aromatic N) is 5. The van der Waals surface area contributed by atoms with Crippen molar-refractivity contribution in [2.24, 2.45) is 7.05 Å². The minimum absolute atomic E-state index is 0.329. The van der Waals surface area contributed by atoms with Crippen LogP contribution in [0.25, 0.3) is 44.9 Å². The molecule has 5 rings (SSSR count). The minimum Gasteiger partial charge on any atom is -0.314 e. The second-order valence-electron chi connectivity index (χ2n) is 7.27. The number of hydrogen-bond donors (Lipinski definition) is 0. The Bertz CT molecular complexity index is 1410. The fourth-order valence-corrected chi connectivity index (χ4v) is 3.47. The minimum atomic E-state index is -0.333. The lowest BCUT2D eigenvalue weighted by molar-refractivity contribution is 0.627. The lowest BCUT2D eigenvalue weighted by atomic mass is 10.0.